The van der Waals surface area contributed by atoms with Crippen molar-refractivity contribution < 1.29 is 5.11 Å². The fourth-order valence-corrected chi connectivity index (χ4v) is 1.08. The van der Waals surface area contributed by atoms with Crippen LogP contribution >= 0.6 is 0 Å². The van der Waals surface area contributed by atoms with Crippen LogP contribution in [0.2, 0.25) is 0 Å². The number of aliphatic hydroxyl groups excluding tert-OH is 1. The smallest absolute Gasteiger partial charge is 0.0512 e. The quantitative estimate of drug-likeness (QED) is 0.444. The van der Waals surface area contributed by atoms with Crippen LogP contribution in [0.5, 0.6) is 0 Å². The normalized spacial score (nSPS) is 12.9. The third-order valence-corrected chi connectivity index (χ3v) is 1.78. The van der Waals surface area contributed by atoms with Crippen LogP contribution in [0.4, 0.5) is 0 Å². The molecule has 0 saturated carbocycles. The largest absolute Gasteiger partial charge is 0.393 e. The standard InChI is InChI=1S/C10H20O/c1-3-4-5-6-7-8-9-10(2)11/h3,10-11H,1,4-9H2,2H3/t10-/m0/s1. The van der Waals surface area contributed by atoms with E-state index in [1.165, 1.54) is 19.3 Å². The molecule has 1 N–H and O–H groups in total. The van der Waals surface area contributed by atoms with Gasteiger partial charge in [-0.25, -0.2) is 0 Å². The lowest BCUT2D eigenvalue weighted by atomic mass is 10.1. The average Bonchev–Trinajstić information content (AvgIpc) is 1.96. The Labute approximate surface area is 70.1 Å². The molecule has 0 heterocycles. The van der Waals surface area contributed by atoms with Gasteiger partial charge < -0.3 is 5.11 Å². The van der Waals surface area contributed by atoms with Gasteiger partial charge in [0, 0.05) is 0 Å². The Balaban J connectivity index is 2.85. The van der Waals surface area contributed by atoms with E-state index in [1.807, 2.05) is 13.0 Å². The molecule has 0 rings (SSSR count). The highest BCUT2D eigenvalue weighted by atomic mass is 16.3. The minimum absolute atomic E-state index is 0.116. The third kappa shape index (κ3) is 9.70. The Kier molecular flexibility index (Phi) is 7.59. The molecule has 0 aliphatic carbocycles. The Morgan fingerprint density at radius 1 is 1.27 bits per heavy atom. The van der Waals surface area contributed by atoms with Crippen LogP contribution in [0.3, 0.4) is 0 Å². The maximum atomic E-state index is 8.94. The minimum Gasteiger partial charge on any atom is -0.393 e. The summed E-state index contributed by atoms with van der Waals surface area (Å²) in [4.78, 5) is 0. The molecule has 0 amide bonds. The van der Waals surface area contributed by atoms with Gasteiger partial charge in [0.15, 0.2) is 0 Å². The second-order valence-corrected chi connectivity index (χ2v) is 3.13. The molecular formula is C10H20O. The number of rotatable bonds is 7. The molecule has 0 saturated heterocycles. The summed E-state index contributed by atoms with van der Waals surface area (Å²) in [6, 6.07) is 0. The number of aliphatic hydroxyl groups is 1. The molecule has 1 nitrogen and oxygen atoms in total. The summed E-state index contributed by atoms with van der Waals surface area (Å²) < 4.78 is 0. The van der Waals surface area contributed by atoms with Crippen LogP contribution in [-0.4, -0.2) is 11.2 Å². The molecule has 0 aromatic rings. The van der Waals surface area contributed by atoms with Gasteiger partial charge in [0.2, 0.25) is 0 Å². The summed E-state index contributed by atoms with van der Waals surface area (Å²) in [6.45, 7) is 5.52. The van der Waals surface area contributed by atoms with Crippen molar-refractivity contribution in [2.75, 3.05) is 0 Å². The fourth-order valence-electron chi connectivity index (χ4n) is 1.08. The van der Waals surface area contributed by atoms with Gasteiger partial charge in [-0.05, 0) is 26.2 Å². The highest BCUT2D eigenvalue weighted by molar-refractivity contribution is 4.65. The summed E-state index contributed by atoms with van der Waals surface area (Å²) in [5, 5.41) is 8.94. The van der Waals surface area contributed by atoms with E-state index in [0.29, 0.717) is 0 Å². The van der Waals surface area contributed by atoms with Crippen molar-refractivity contribution in [1.82, 2.24) is 0 Å². The molecule has 66 valence electrons. The van der Waals surface area contributed by atoms with Crippen molar-refractivity contribution in [3.8, 4) is 0 Å². The Hall–Kier alpha value is -0.300. The zero-order chi connectivity index (χ0) is 8.53. The molecule has 0 spiro atoms. The lowest BCUT2D eigenvalue weighted by Crippen LogP contribution is -1.97. The van der Waals surface area contributed by atoms with Gasteiger partial charge in [-0.3, -0.25) is 0 Å². The zero-order valence-electron chi connectivity index (χ0n) is 7.55. The molecule has 0 aromatic carbocycles. The molecule has 1 heteroatoms. The molecule has 0 unspecified atom stereocenters. The number of hydrogen-bond acceptors (Lipinski definition) is 1. The van der Waals surface area contributed by atoms with Crippen molar-refractivity contribution in [3.05, 3.63) is 12.7 Å². The first-order chi connectivity index (χ1) is 5.27. The first kappa shape index (κ1) is 10.7. The second kappa shape index (κ2) is 7.80. The molecule has 0 aliphatic heterocycles. The van der Waals surface area contributed by atoms with Gasteiger partial charge in [-0.2, -0.15) is 0 Å². The van der Waals surface area contributed by atoms with Crippen molar-refractivity contribution in [1.29, 1.82) is 0 Å². The average molecular weight is 156 g/mol. The van der Waals surface area contributed by atoms with Crippen LogP contribution < -0.4 is 0 Å². The summed E-state index contributed by atoms with van der Waals surface area (Å²) in [6.07, 6.45) is 8.88. The molecule has 1 atom stereocenters. The van der Waals surface area contributed by atoms with Crippen molar-refractivity contribution in [2.45, 2.75) is 51.6 Å². The van der Waals surface area contributed by atoms with Crippen molar-refractivity contribution in [3.63, 3.8) is 0 Å². The van der Waals surface area contributed by atoms with Crippen LogP contribution in [0.1, 0.15) is 45.4 Å². The molecule has 0 radical (unpaired) electrons. The molecule has 11 heavy (non-hydrogen) atoms. The van der Waals surface area contributed by atoms with E-state index in [9.17, 15) is 0 Å². The minimum atomic E-state index is -0.116. The zero-order valence-corrected chi connectivity index (χ0v) is 7.55. The van der Waals surface area contributed by atoms with E-state index in [1.54, 1.807) is 0 Å². The number of allylic oxidation sites excluding steroid dienone is 1. The lowest BCUT2D eigenvalue weighted by molar-refractivity contribution is 0.180. The van der Waals surface area contributed by atoms with Gasteiger partial charge in [0.1, 0.15) is 0 Å². The monoisotopic (exact) mass is 156 g/mol. The van der Waals surface area contributed by atoms with Crippen molar-refractivity contribution >= 4 is 0 Å². The lowest BCUT2D eigenvalue weighted by Gasteiger charge is -2.02. The van der Waals surface area contributed by atoms with E-state index < -0.39 is 0 Å². The summed E-state index contributed by atoms with van der Waals surface area (Å²) in [5.74, 6) is 0. The van der Waals surface area contributed by atoms with E-state index in [-0.39, 0.29) is 6.10 Å². The van der Waals surface area contributed by atoms with Crippen LogP contribution in [0.25, 0.3) is 0 Å². The van der Waals surface area contributed by atoms with E-state index in [4.69, 9.17) is 5.11 Å². The Bertz CT molecular complexity index is 86.9. The van der Waals surface area contributed by atoms with E-state index in [0.717, 1.165) is 19.3 Å². The predicted octanol–water partition coefficient (Wildman–Crippen LogP) is 2.89. The van der Waals surface area contributed by atoms with Gasteiger partial charge in [-0.1, -0.05) is 25.3 Å². The highest BCUT2D eigenvalue weighted by Gasteiger charge is 1.94. The fraction of sp³-hybridized carbons (Fsp3) is 0.800. The summed E-state index contributed by atoms with van der Waals surface area (Å²) >= 11 is 0. The van der Waals surface area contributed by atoms with Crippen molar-refractivity contribution in [2.24, 2.45) is 0 Å². The van der Waals surface area contributed by atoms with E-state index >= 15 is 0 Å². The topological polar surface area (TPSA) is 20.2 Å². The molecule has 0 aromatic heterocycles. The van der Waals surface area contributed by atoms with Crippen LogP contribution in [-0.2, 0) is 0 Å². The molecular weight excluding hydrogens is 136 g/mol. The van der Waals surface area contributed by atoms with Crippen LogP contribution in [0.15, 0.2) is 12.7 Å². The molecule has 0 bridgehead atoms. The van der Waals surface area contributed by atoms with Gasteiger partial charge in [0.25, 0.3) is 0 Å². The van der Waals surface area contributed by atoms with Gasteiger partial charge >= 0.3 is 0 Å². The predicted molar refractivity (Wildman–Crippen MR) is 49.6 cm³/mol. The number of hydrogen-bond donors (Lipinski definition) is 1. The number of unbranched alkanes of at least 4 members (excludes halogenated alkanes) is 4. The highest BCUT2D eigenvalue weighted by Crippen LogP contribution is 2.06. The maximum Gasteiger partial charge on any atom is 0.0512 e. The van der Waals surface area contributed by atoms with E-state index in [2.05, 4.69) is 6.58 Å². The van der Waals surface area contributed by atoms with Crippen LogP contribution in [0, 0.1) is 0 Å². The Morgan fingerprint density at radius 2 is 1.91 bits per heavy atom. The molecule has 0 aliphatic rings. The summed E-state index contributed by atoms with van der Waals surface area (Å²) in [5.41, 5.74) is 0. The van der Waals surface area contributed by atoms with Gasteiger partial charge in [-0.15, -0.1) is 6.58 Å². The Morgan fingerprint density at radius 3 is 2.45 bits per heavy atom. The first-order valence-electron chi connectivity index (χ1n) is 4.56. The third-order valence-electron chi connectivity index (χ3n) is 1.78. The first-order valence-corrected chi connectivity index (χ1v) is 4.56. The molecule has 0 fully saturated rings. The maximum absolute atomic E-state index is 8.94. The SMILES string of the molecule is C=CCCCCCC[C@H](C)O. The summed E-state index contributed by atoms with van der Waals surface area (Å²) in [7, 11) is 0. The van der Waals surface area contributed by atoms with Gasteiger partial charge in [0.05, 0.1) is 6.10 Å². The second-order valence-electron chi connectivity index (χ2n) is 3.13.